The van der Waals surface area contributed by atoms with Crippen molar-refractivity contribution in [2.75, 3.05) is 6.54 Å². The maximum Gasteiger partial charge on any atom is 0.417 e. The molecule has 1 aromatic carbocycles. The van der Waals surface area contributed by atoms with Gasteiger partial charge >= 0.3 is 6.18 Å². The lowest BCUT2D eigenvalue weighted by atomic mass is 10.1. The number of amides is 1. The molecular formula is C17H17F3N2O. The number of rotatable bonds is 4. The summed E-state index contributed by atoms with van der Waals surface area (Å²) < 4.78 is 38.7. The van der Waals surface area contributed by atoms with Gasteiger partial charge in [0.1, 0.15) is 0 Å². The Kier molecular flexibility index (Phi) is 5.03. The lowest BCUT2D eigenvalue weighted by molar-refractivity contribution is -0.137. The van der Waals surface area contributed by atoms with Gasteiger partial charge < -0.3 is 5.32 Å². The van der Waals surface area contributed by atoms with Gasteiger partial charge in [-0.3, -0.25) is 9.78 Å². The van der Waals surface area contributed by atoms with Gasteiger partial charge in [0.25, 0.3) is 5.91 Å². The van der Waals surface area contributed by atoms with Gasteiger partial charge in [0, 0.05) is 24.9 Å². The molecule has 1 heterocycles. The van der Waals surface area contributed by atoms with Gasteiger partial charge in [-0.1, -0.05) is 18.2 Å². The van der Waals surface area contributed by atoms with E-state index in [1.807, 2.05) is 19.9 Å². The second-order valence-electron chi connectivity index (χ2n) is 5.33. The lowest BCUT2D eigenvalue weighted by Crippen LogP contribution is -2.28. The van der Waals surface area contributed by atoms with E-state index in [1.165, 1.54) is 18.2 Å². The smallest absolute Gasteiger partial charge is 0.352 e. The molecule has 0 saturated carbocycles. The Balaban J connectivity index is 2.03. The van der Waals surface area contributed by atoms with E-state index in [0.29, 0.717) is 6.42 Å². The highest BCUT2D eigenvalue weighted by Crippen LogP contribution is 2.31. The van der Waals surface area contributed by atoms with E-state index in [4.69, 9.17) is 0 Å². The van der Waals surface area contributed by atoms with Crippen LogP contribution in [0.3, 0.4) is 0 Å². The summed E-state index contributed by atoms with van der Waals surface area (Å²) in [6.45, 7) is 4.07. The molecule has 0 aliphatic rings. The summed E-state index contributed by atoms with van der Waals surface area (Å²) in [5.74, 6) is -0.734. The molecule has 6 heteroatoms. The molecule has 1 aromatic heterocycles. The van der Waals surface area contributed by atoms with E-state index in [9.17, 15) is 18.0 Å². The SMILES string of the molecule is Cc1cnc(CCNC(=O)c2ccccc2C(F)(F)F)c(C)c1. The third-order valence-corrected chi connectivity index (χ3v) is 3.45. The molecule has 2 rings (SSSR count). The molecule has 1 amide bonds. The Labute approximate surface area is 132 Å². The zero-order valence-corrected chi connectivity index (χ0v) is 12.9. The molecule has 122 valence electrons. The van der Waals surface area contributed by atoms with Crippen LogP contribution in [0.5, 0.6) is 0 Å². The monoisotopic (exact) mass is 322 g/mol. The number of nitrogens with zero attached hydrogens (tertiary/aromatic N) is 1. The van der Waals surface area contributed by atoms with Crippen molar-refractivity contribution < 1.29 is 18.0 Å². The van der Waals surface area contributed by atoms with Crippen LogP contribution in [-0.4, -0.2) is 17.4 Å². The summed E-state index contributed by atoms with van der Waals surface area (Å²) >= 11 is 0. The fourth-order valence-corrected chi connectivity index (χ4v) is 2.32. The van der Waals surface area contributed by atoms with Crippen molar-refractivity contribution in [3.63, 3.8) is 0 Å². The molecule has 2 aromatic rings. The highest BCUT2D eigenvalue weighted by molar-refractivity contribution is 5.95. The largest absolute Gasteiger partial charge is 0.417 e. The lowest BCUT2D eigenvalue weighted by Gasteiger charge is -2.13. The van der Waals surface area contributed by atoms with Crippen molar-refractivity contribution >= 4 is 5.91 Å². The van der Waals surface area contributed by atoms with Crippen LogP contribution < -0.4 is 5.32 Å². The van der Waals surface area contributed by atoms with E-state index >= 15 is 0 Å². The number of carbonyl (C=O) groups excluding carboxylic acids is 1. The predicted octanol–water partition coefficient (Wildman–Crippen LogP) is 3.69. The summed E-state index contributed by atoms with van der Waals surface area (Å²) in [4.78, 5) is 16.3. The van der Waals surface area contributed by atoms with E-state index < -0.39 is 17.6 Å². The van der Waals surface area contributed by atoms with Crippen LogP contribution in [0.15, 0.2) is 36.5 Å². The molecule has 0 aliphatic heterocycles. The van der Waals surface area contributed by atoms with Crippen molar-refractivity contribution in [2.24, 2.45) is 0 Å². The third kappa shape index (κ3) is 4.31. The Bertz CT molecular complexity index is 711. The predicted molar refractivity (Wildman–Crippen MR) is 81.2 cm³/mol. The number of pyridine rings is 1. The van der Waals surface area contributed by atoms with Gasteiger partial charge in [0.2, 0.25) is 0 Å². The molecule has 3 nitrogen and oxygen atoms in total. The van der Waals surface area contributed by atoms with Gasteiger partial charge in [-0.15, -0.1) is 0 Å². The Morgan fingerprint density at radius 1 is 1.22 bits per heavy atom. The number of carbonyl (C=O) groups is 1. The molecule has 1 N–H and O–H groups in total. The molecule has 0 aliphatic carbocycles. The van der Waals surface area contributed by atoms with Gasteiger partial charge in [0.05, 0.1) is 11.1 Å². The first-order valence-electron chi connectivity index (χ1n) is 7.15. The van der Waals surface area contributed by atoms with Gasteiger partial charge in [-0.05, 0) is 37.1 Å². The van der Waals surface area contributed by atoms with Crippen LogP contribution in [0, 0.1) is 13.8 Å². The Morgan fingerprint density at radius 2 is 1.91 bits per heavy atom. The quantitative estimate of drug-likeness (QED) is 0.933. The fourth-order valence-electron chi connectivity index (χ4n) is 2.32. The van der Waals surface area contributed by atoms with E-state index in [2.05, 4.69) is 10.3 Å². The fraction of sp³-hybridized carbons (Fsp3) is 0.294. The van der Waals surface area contributed by atoms with Crippen LogP contribution in [0.2, 0.25) is 0 Å². The number of nitrogens with one attached hydrogen (secondary N) is 1. The molecular weight excluding hydrogens is 305 g/mol. The van der Waals surface area contributed by atoms with Crippen molar-refractivity contribution in [1.29, 1.82) is 0 Å². The highest BCUT2D eigenvalue weighted by Gasteiger charge is 2.34. The van der Waals surface area contributed by atoms with Crippen LogP contribution >= 0.6 is 0 Å². The minimum absolute atomic E-state index is 0.224. The van der Waals surface area contributed by atoms with E-state index in [-0.39, 0.29) is 12.1 Å². The minimum Gasteiger partial charge on any atom is -0.352 e. The van der Waals surface area contributed by atoms with Crippen LogP contribution in [0.1, 0.15) is 32.7 Å². The first-order valence-corrected chi connectivity index (χ1v) is 7.15. The Hall–Kier alpha value is -2.37. The normalized spacial score (nSPS) is 11.3. The molecule has 0 unspecified atom stereocenters. The maximum atomic E-state index is 12.9. The summed E-state index contributed by atoms with van der Waals surface area (Å²) in [6, 6.07) is 6.73. The third-order valence-electron chi connectivity index (χ3n) is 3.45. The molecule has 0 bridgehead atoms. The standard InChI is InChI=1S/C17H17F3N2O/c1-11-9-12(2)15(22-10-11)7-8-21-16(23)13-5-3-4-6-14(13)17(18,19)20/h3-6,9-10H,7-8H2,1-2H3,(H,21,23). The molecule has 0 radical (unpaired) electrons. The summed E-state index contributed by atoms with van der Waals surface area (Å²) in [6.07, 6.45) is -2.36. The zero-order valence-electron chi connectivity index (χ0n) is 12.9. The van der Waals surface area contributed by atoms with E-state index in [1.54, 1.807) is 6.20 Å². The number of aryl methyl sites for hydroxylation is 2. The summed E-state index contributed by atoms with van der Waals surface area (Å²) in [7, 11) is 0. The number of hydrogen-bond acceptors (Lipinski definition) is 2. The van der Waals surface area contributed by atoms with Gasteiger partial charge in [0.15, 0.2) is 0 Å². The minimum atomic E-state index is -4.55. The van der Waals surface area contributed by atoms with Crippen LogP contribution in [0.4, 0.5) is 13.2 Å². The van der Waals surface area contributed by atoms with Gasteiger partial charge in [-0.2, -0.15) is 13.2 Å². The Morgan fingerprint density at radius 3 is 2.57 bits per heavy atom. The molecule has 0 spiro atoms. The maximum absolute atomic E-state index is 12.9. The van der Waals surface area contributed by atoms with Crippen molar-refractivity contribution in [3.8, 4) is 0 Å². The highest BCUT2D eigenvalue weighted by atomic mass is 19.4. The summed E-state index contributed by atoms with van der Waals surface area (Å²) in [5.41, 5.74) is 1.56. The van der Waals surface area contributed by atoms with Crippen LogP contribution in [-0.2, 0) is 12.6 Å². The van der Waals surface area contributed by atoms with Gasteiger partial charge in [-0.25, -0.2) is 0 Å². The number of benzene rings is 1. The number of alkyl halides is 3. The second kappa shape index (κ2) is 6.81. The molecule has 23 heavy (non-hydrogen) atoms. The zero-order chi connectivity index (χ0) is 17.0. The van der Waals surface area contributed by atoms with Crippen molar-refractivity contribution in [3.05, 3.63) is 64.5 Å². The van der Waals surface area contributed by atoms with Crippen molar-refractivity contribution in [1.82, 2.24) is 10.3 Å². The average Bonchev–Trinajstić information content (AvgIpc) is 2.48. The molecule has 0 saturated heterocycles. The first kappa shape index (κ1) is 17.0. The van der Waals surface area contributed by atoms with Crippen LogP contribution in [0.25, 0.3) is 0 Å². The number of hydrogen-bond donors (Lipinski definition) is 1. The first-order chi connectivity index (χ1) is 10.8. The average molecular weight is 322 g/mol. The topological polar surface area (TPSA) is 42.0 Å². The molecule has 0 atom stereocenters. The number of halogens is 3. The summed E-state index contributed by atoms with van der Waals surface area (Å²) in [5, 5.41) is 2.52. The second-order valence-corrected chi connectivity index (χ2v) is 5.33. The number of aromatic nitrogens is 1. The van der Waals surface area contributed by atoms with E-state index in [0.717, 1.165) is 22.9 Å². The molecule has 0 fully saturated rings. The van der Waals surface area contributed by atoms with Crippen molar-refractivity contribution in [2.45, 2.75) is 26.4 Å².